The van der Waals surface area contributed by atoms with Gasteiger partial charge in [0.25, 0.3) is 0 Å². The van der Waals surface area contributed by atoms with E-state index in [1.54, 1.807) is 18.2 Å². The van der Waals surface area contributed by atoms with Gasteiger partial charge in [0.2, 0.25) is 0 Å². The van der Waals surface area contributed by atoms with Gasteiger partial charge in [0.05, 0.1) is 0 Å². The van der Waals surface area contributed by atoms with Crippen LogP contribution in [0, 0.1) is 0 Å². The quantitative estimate of drug-likeness (QED) is 0.827. The van der Waals surface area contributed by atoms with Crippen LogP contribution in [0.1, 0.15) is 18.5 Å². The van der Waals surface area contributed by atoms with Gasteiger partial charge in [0.15, 0.2) is 0 Å². The molecular weight excluding hydrogens is 284 g/mol. The predicted octanol–water partition coefficient (Wildman–Crippen LogP) is 5.11. The van der Waals surface area contributed by atoms with E-state index in [1.807, 2.05) is 31.2 Å². The first-order valence-electron chi connectivity index (χ1n) is 6.11. The van der Waals surface area contributed by atoms with E-state index >= 15 is 0 Å². The molecule has 0 heterocycles. The number of ether oxygens (including phenoxy) is 1. The molecule has 1 unspecified atom stereocenters. The summed E-state index contributed by atoms with van der Waals surface area (Å²) in [5, 5.41) is 3.90. The van der Waals surface area contributed by atoms with Gasteiger partial charge in [0, 0.05) is 22.8 Å². The molecule has 20 heavy (non-hydrogen) atoms. The van der Waals surface area contributed by atoms with E-state index in [9.17, 15) is 8.78 Å². The second-order valence-electron chi connectivity index (χ2n) is 4.32. The van der Waals surface area contributed by atoms with Gasteiger partial charge in [-0.25, -0.2) is 0 Å². The van der Waals surface area contributed by atoms with E-state index < -0.39 is 6.61 Å². The summed E-state index contributed by atoms with van der Waals surface area (Å²) in [5.41, 5.74) is 1.76. The summed E-state index contributed by atoms with van der Waals surface area (Å²) in [4.78, 5) is 0. The third kappa shape index (κ3) is 4.10. The van der Waals surface area contributed by atoms with E-state index in [2.05, 4.69) is 10.1 Å². The number of alkyl halides is 2. The molecule has 1 atom stereocenters. The largest absolute Gasteiger partial charge is 0.435 e. The molecule has 2 nitrogen and oxygen atoms in total. The molecule has 0 amide bonds. The number of halogens is 3. The van der Waals surface area contributed by atoms with Crippen LogP contribution in [-0.2, 0) is 0 Å². The van der Waals surface area contributed by atoms with Crippen LogP contribution in [0.25, 0.3) is 0 Å². The van der Waals surface area contributed by atoms with Gasteiger partial charge in [-0.15, -0.1) is 0 Å². The molecule has 0 saturated heterocycles. The second kappa shape index (κ2) is 6.57. The average Bonchev–Trinajstić information content (AvgIpc) is 2.39. The van der Waals surface area contributed by atoms with Gasteiger partial charge in [0.1, 0.15) is 5.75 Å². The molecule has 2 rings (SSSR count). The van der Waals surface area contributed by atoms with Crippen molar-refractivity contribution in [1.29, 1.82) is 0 Å². The molecule has 0 aliphatic carbocycles. The Hall–Kier alpha value is -1.81. The molecule has 5 heteroatoms. The maximum atomic E-state index is 12.2. The monoisotopic (exact) mass is 297 g/mol. The van der Waals surface area contributed by atoms with Crippen LogP contribution in [0.4, 0.5) is 14.5 Å². The Labute approximate surface area is 121 Å². The molecule has 0 fully saturated rings. The zero-order valence-corrected chi connectivity index (χ0v) is 11.6. The highest BCUT2D eigenvalue weighted by molar-refractivity contribution is 6.30. The number of rotatable bonds is 5. The Morgan fingerprint density at radius 2 is 1.80 bits per heavy atom. The third-order valence-electron chi connectivity index (χ3n) is 2.81. The minimum Gasteiger partial charge on any atom is -0.435 e. The standard InChI is InChI=1S/C15H14ClF2NO/c1-10(11-5-7-12(16)8-6-11)19-13-3-2-4-14(9-13)20-15(17)18/h2-10,15,19H,1H3. The van der Waals surface area contributed by atoms with Crippen molar-refractivity contribution in [3.8, 4) is 5.75 Å². The summed E-state index contributed by atoms with van der Waals surface area (Å²) in [6.07, 6.45) is 0. The topological polar surface area (TPSA) is 21.3 Å². The highest BCUT2D eigenvalue weighted by Crippen LogP contribution is 2.24. The molecule has 0 saturated carbocycles. The van der Waals surface area contributed by atoms with Crippen molar-refractivity contribution in [2.45, 2.75) is 19.6 Å². The minimum absolute atomic E-state index is 0.0223. The summed E-state index contributed by atoms with van der Waals surface area (Å²) in [6.45, 7) is -0.844. The lowest BCUT2D eigenvalue weighted by atomic mass is 10.1. The first-order chi connectivity index (χ1) is 9.54. The highest BCUT2D eigenvalue weighted by Gasteiger charge is 2.08. The van der Waals surface area contributed by atoms with Crippen LogP contribution < -0.4 is 10.1 Å². The number of nitrogens with one attached hydrogen (secondary N) is 1. The van der Waals surface area contributed by atoms with Crippen LogP contribution in [0.5, 0.6) is 5.75 Å². The fraction of sp³-hybridized carbons (Fsp3) is 0.200. The molecule has 0 bridgehead atoms. The Bertz CT molecular complexity index is 560. The molecule has 0 aliphatic rings. The number of hydrogen-bond acceptors (Lipinski definition) is 2. The summed E-state index contributed by atoms with van der Waals surface area (Å²) >= 11 is 5.84. The van der Waals surface area contributed by atoms with Gasteiger partial charge in [-0.2, -0.15) is 8.78 Å². The average molecular weight is 298 g/mol. The molecule has 0 spiro atoms. The van der Waals surface area contributed by atoms with Gasteiger partial charge < -0.3 is 10.1 Å². The molecule has 0 radical (unpaired) electrons. The van der Waals surface area contributed by atoms with Crippen molar-refractivity contribution < 1.29 is 13.5 Å². The van der Waals surface area contributed by atoms with Crippen LogP contribution in [0.2, 0.25) is 5.02 Å². The van der Waals surface area contributed by atoms with Gasteiger partial charge >= 0.3 is 6.61 Å². The summed E-state index contributed by atoms with van der Waals surface area (Å²) in [6, 6.07) is 14.0. The van der Waals surface area contributed by atoms with Crippen LogP contribution in [0.3, 0.4) is 0 Å². The molecule has 2 aromatic rings. The fourth-order valence-corrected chi connectivity index (χ4v) is 1.97. The number of anilines is 1. The van der Waals surface area contributed by atoms with Gasteiger partial charge in [-0.1, -0.05) is 29.8 Å². The lowest BCUT2D eigenvalue weighted by molar-refractivity contribution is -0.0498. The summed E-state index contributed by atoms with van der Waals surface area (Å²) in [7, 11) is 0. The summed E-state index contributed by atoms with van der Waals surface area (Å²) < 4.78 is 28.7. The Balaban J connectivity index is 2.07. The Kier molecular flexibility index (Phi) is 4.79. The third-order valence-corrected chi connectivity index (χ3v) is 3.06. The van der Waals surface area contributed by atoms with Crippen molar-refractivity contribution in [2.24, 2.45) is 0 Å². The molecule has 0 aliphatic heterocycles. The van der Waals surface area contributed by atoms with E-state index in [0.717, 1.165) is 5.56 Å². The predicted molar refractivity (Wildman–Crippen MR) is 76.6 cm³/mol. The molecule has 106 valence electrons. The molecule has 0 aromatic heterocycles. The Morgan fingerprint density at radius 1 is 1.10 bits per heavy atom. The van der Waals surface area contributed by atoms with Crippen molar-refractivity contribution in [1.82, 2.24) is 0 Å². The number of benzene rings is 2. The first kappa shape index (κ1) is 14.6. The van der Waals surface area contributed by atoms with Crippen molar-refractivity contribution >= 4 is 17.3 Å². The lowest BCUT2D eigenvalue weighted by Gasteiger charge is -2.16. The van der Waals surface area contributed by atoms with Gasteiger partial charge in [-0.3, -0.25) is 0 Å². The van der Waals surface area contributed by atoms with Gasteiger partial charge in [-0.05, 0) is 36.8 Å². The minimum atomic E-state index is -2.82. The lowest BCUT2D eigenvalue weighted by Crippen LogP contribution is -2.07. The molecular formula is C15H14ClF2NO. The number of hydrogen-bond donors (Lipinski definition) is 1. The normalized spacial score (nSPS) is 12.2. The molecule has 1 N–H and O–H groups in total. The summed E-state index contributed by atoms with van der Waals surface area (Å²) in [5.74, 6) is 0.133. The first-order valence-corrected chi connectivity index (χ1v) is 6.49. The Morgan fingerprint density at radius 3 is 2.45 bits per heavy atom. The SMILES string of the molecule is CC(Nc1cccc(OC(F)F)c1)c1ccc(Cl)cc1. The fourth-order valence-electron chi connectivity index (χ4n) is 1.85. The molecule has 2 aromatic carbocycles. The zero-order chi connectivity index (χ0) is 14.5. The van der Waals surface area contributed by atoms with Crippen LogP contribution >= 0.6 is 11.6 Å². The smallest absolute Gasteiger partial charge is 0.387 e. The van der Waals surface area contributed by atoms with Crippen molar-refractivity contribution in [3.63, 3.8) is 0 Å². The van der Waals surface area contributed by atoms with E-state index in [4.69, 9.17) is 11.6 Å². The van der Waals surface area contributed by atoms with E-state index in [-0.39, 0.29) is 11.8 Å². The maximum Gasteiger partial charge on any atom is 0.387 e. The maximum absolute atomic E-state index is 12.2. The zero-order valence-electron chi connectivity index (χ0n) is 10.8. The van der Waals surface area contributed by atoms with Crippen molar-refractivity contribution in [3.05, 3.63) is 59.1 Å². The highest BCUT2D eigenvalue weighted by atomic mass is 35.5. The van der Waals surface area contributed by atoms with Crippen molar-refractivity contribution in [2.75, 3.05) is 5.32 Å². The van der Waals surface area contributed by atoms with E-state index in [0.29, 0.717) is 10.7 Å². The van der Waals surface area contributed by atoms with Crippen LogP contribution in [-0.4, -0.2) is 6.61 Å². The van der Waals surface area contributed by atoms with E-state index in [1.165, 1.54) is 6.07 Å². The second-order valence-corrected chi connectivity index (χ2v) is 4.76. The van der Waals surface area contributed by atoms with Crippen LogP contribution in [0.15, 0.2) is 48.5 Å².